The van der Waals surface area contributed by atoms with E-state index < -0.39 is 41.2 Å². The van der Waals surface area contributed by atoms with E-state index in [2.05, 4.69) is 15.7 Å². The second-order valence-electron chi connectivity index (χ2n) is 5.84. The lowest BCUT2D eigenvalue weighted by molar-refractivity contribution is 0.367. The maximum atomic E-state index is 13.8. The van der Waals surface area contributed by atoms with E-state index in [1.54, 1.807) is 0 Å². The Morgan fingerprint density at radius 3 is 2.18 bits per heavy atom. The van der Waals surface area contributed by atoms with Gasteiger partial charge < -0.3 is 10.6 Å². The van der Waals surface area contributed by atoms with Gasteiger partial charge in [0.05, 0.1) is 12.1 Å². The number of aromatic nitrogens is 2. The summed E-state index contributed by atoms with van der Waals surface area (Å²) in [4.78, 5) is 0. The number of nitrogens with one attached hydrogen (secondary N) is 2. The SMILES string of the molecule is Cc1ccccc1NC(=S)Nc1ccn(Cc2c(F)c(F)c(F)c(F)c2F)n1. The van der Waals surface area contributed by atoms with Crippen LogP contribution in [0.1, 0.15) is 11.1 Å². The molecular weight excluding hydrogens is 399 g/mol. The van der Waals surface area contributed by atoms with Crippen molar-refractivity contribution < 1.29 is 22.0 Å². The van der Waals surface area contributed by atoms with Gasteiger partial charge in [0.1, 0.15) is 0 Å². The number of hydrogen-bond donors (Lipinski definition) is 2. The zero-order chi connectivity index (χ0) is 20.4. The number of aryl methyl sites for hydroxylation is 1. The van der Waals surface area contributed by atoms with Gasteiger partial charge in [-0.3, -0.25) is 4.68 Å². The number of thiocarbonyl (C=S) groups is 1. The summed E-state index contributed by atoms with van der Waals surface area (Å²) in [6, 6.07) is 8.86. The fraction of sp³-hybridized carbons (Fsp3) is 0.111. The molecule has 2 aromatic carbocycles. The molecule has 0 saturated carbocycles. The molecular formula is C18H13F5N4S. The Morgan fingerprint density at radius 2 is 1.54 bits per heavy atom. The number of para-hydroxylation sites is 1. The van der Waals surface area contributed by atoms with Crippen molar-refractivity contribution in [2.75, 3.05) is 10.6 Å². The van der Waals surface area contributed by atoms with Crippen LogP contribution in [0.2, 0.25) is 0 Å². The molecule has 10 heteroatoms. The van der Waals surface area contributed by atoms with Crippen LogP contribution in [0, 0.1) is 36.0 Å². The van der Waals surface area contributed by atoms with Crippen LogP contribution in [0.4, 0.5) is 33.5 Å². The molecule has 28 heavy (non-hydrogen) atoms. The van der Waals surface area contributed by atoms with Crippen LogP contribution in [-0.4, -0.2) is 14.9 Å². The van der Waals surface area contributed by atoms with Crippen LogP contribution in [0.25, 0.3) is 0 Å². The molecule has 1 aromatic heterocycles. The third kappa shape index (κ3) is 3.96. The monoisotopic (exact) mass is 412 g/mol. The molecule has 0 bridgehead atoms. The molecule has 146 valence electrons. The molecule has 1 heterocycles. The minimum Gasteiger partial charge on any atom is -0.332 e. The number of nitrogens with zero attached hydrogens (tertiary/aromatic N) is 2. The minimum absolute atomic E-state index is 0.218. The molecule has 3 rings (SSSR count). The van der Waals surface area contributed by atoms with Crippen LogP contribution < -0.4 is 10.6 Å². The molecule has 0 aliphatic rings. The molecule has 2 N–H and O–H groups in total. The van der Waals surface area contributed by atoms with E-state index in [4.69, 9.17) is 12.2 Å². The number of rotatable bonds is 4. The maximum Gasteiger partial charge on any atom is 0.200 e. The van der Waals surface area contributed by atoms with Crippen molar-refractivity contribution in [3.8, 4) is 0 Å². The van der Waals surface area contributed by atoms with Crippen LogP contribution in [-0.2, 0) is 6.54 Å². The first kappa shape index (κ1) is 19.7. The minimum atomic E-state index is -2.20. The van der Waals surface area contributed by atoms with Crippen molar-refractivity contribution in [2.24, 2.45) is 0 Å². The zero-order valence-corrected chi connectivity index (χ0v) is 15.2. The summed E-state index contributed by atoms with van der Waals surface area (Å²) in [5.41, 5.74) is 0.760. The van der Waals surface area contributed by atoms with Crippen LogP contribution in [0.5, 0.6) is 0 Å². The van der Waals surface area contributed by atoms with Gasteiger partial charge in [-0.2, -0.15) is 5.10 Å². The molecule has 4 nitrogen and oxygen atoms in total. The second-order valence-corrected chi connectivity index (χ2v) is 6.25. The quantitative estimate of drug-likeness (QED) is 0.281. The highest BCUT2D eigenvalue weighted by Gasteiger charge is 2.25. The van der Waals surface area contributed by atoms with Crippen LogP contribution in [0.3, 0.4) is 0 Å². The van der Waals surface area contributed by atoms with Crippen molar-refractivity contribution >= 4 is 28.8 Å². The molecule has 0 unspecified atom stereocenters. The summed E-state index contributed by atoms with van der Waals surface area (Å²) in [5.74, 6) is -9.74. The average Bonchev–Trinajstić information content (AvgIpc) is 3.10. The topological polar surface area (TPSA) is 41.9 Å². The van der Waals surface area contributed by atoms with E-state index in [0.717, 1.165) is 15.9 Å². The summed E-state index contributed by atoms with van der Waals surface area (Å²) in [7, 11) is 0. The highest BCUT2D eigenvalue weighted by atomic mass is 32.1. The third-order valence-electron chi connectivity index (χ3n) is 3.90. The normalized spacial score (nSPS) is 10.8. The largest absolute Gasteiger partial charge is 0.332 e. The first-order valence-electron chi connectivity index (χ1n) is 7.95. The Morgan fingerprint density at radius 1 is 0.929 bits per heavy atom. The Kier molecular flexibility index (Phi) is 5.59. The molecule has 0 amide bonds. The van der Waals surface area contributed by atoms with Crippen LogP contribution in [0.15, 0.2) is 36.5 Å². The summed E-state index contributed by atoms with van der Waals surface area (Å²) >= 11 is 5.17. The molecule has 0 aliphatic heterocycles. The summed E-state index contributed by atoms with van der Waals surface area (Å²) in [6.07, 6.45) is 1.32. The van der Waals surface area contributed by atoms with E-state index in [9.17, 15) is 22.0 Å². The van der Waals surface area contributed by atoms with Gasteiger partial charge in [0.25, 0.3) is 0 Å². The van der Waals surface area contributed by atoms with E-state index in [1.165, 1.54) is 12.3 Å². The summed E-state index contributed by atoms with van der Waals surface area (Å²) in [6.45, 7) is 1.25. The molecule has 0 radical (unpaired) electrons. The Balaban J connectivity index is 1.73. The standard InChI is InChI=1S/C18H13F5N4S/c1-9-4-2-3-5-11(9)24-18(28)25-12-6-7-27(26-12)8-10-13(19)15(21)17(23)16(22)14(10)20/h2-7H,8H2,1H3,(H2,24,25,26,28). The zero-order valence-electron chi connectivity index (χ0n) is 14.4. The van der Waals surface area contributed by atoms with Gasteiger partial charge in [0, 0.05) is 18.0 Å². The van der Waals surface area contributed by atoms with E-state index >= 15 is 0 Å². The van der Waals surface area contributed by atoms with Gasteiger partial charge in [0.2, 0.25) is 5.82 Å². The lowest BCUT2D eigenvalue weighted by Crippen LogP contribution is -2.20. The smallest absolute Gasteiger partial charge is 0.200 e. The maximum absolute atomic E-state index is 13.8. The van der Waals surface area contributed by atoms with Gasteiger partial charge in [-0.25, -0.2) is 22.0 Å². The van der Waals surface area contributed by atoms with Gasteiger partial charge in [-0.05, 0) is 30.8 Å². The Hall–Kier alpha value is -3.01. The molecule has 0 atom stereocenters. The van der Waals surface area contributed by atoms with Crippen molar-refractivity contribution in [3.05, 3.63) is 76.7 Å². The van der Waals surface area contributed by atoms with Crippen molar-refractivity contribution in [1.82, 2.24) is 9.78 Å². The van der Waals surface area contributed by atoms with Crippen molar-refractivity contribution in [1.29, 1.82) is 0 Å². The summed E-state index contributed by atoms with van der Waals surface area (Å²) in [5, 5.41) is 9.94. The Labute approximate surface area is 162 Å². The Bertz CT molecular complexity index is 1020. The van der Waals surface area contributed by atoms with E-state index in [0.29, 0.717) is 0 Å². The van der Waals surface area contributed by atoms with Gasteiger partial charge in [-0.15, -0.1) is 0 Å². The highest BCUT2D eigenvalue weighted by molar-refractivity contribution is 7.80. The number of halogens is 5. The lowest BCUT2D eigenvalue weighted by Gasteiger charge is -2.11. The molecule has 3 aromatic rings. The van der Waals surface area contributed by atoms with E-state index in [1.807, 2.05) is 31.2 Å². The molecule has 0 saturated heterocycles. The van der Waals surface area contributed by atoms with E-state index in [-0.39, 0.29) is 10.9 Å². The van der Waals surface area contributed by atoms with Gasteiger partial charge in [-0.1, -0.05) is 18.2 Å². The van der Waals surface area contributed by atoms with Crippen molar-refractivity contribution in [2.45, 2.75) is 13.5 Å². The first-order valence-corrected chi connectivity index (χ1v) is 8.36. The van der Waals surface area contributed by atoms with Crippen molar-refractivity contribution in [3.63, 3.8) is 0 Å². The average molecular weight is 412 g/mol. The predicted molar refractivity (Wildman–Crippen MR) is 98.6 cm³/mol. The number of anilines is 2. The first-order chi connectivity index (χ1) is 13.3. The number of hydrogen-bond acceptors (Lipinski definition) is 2. The molecule has 0 fully saturated rings. The van der Waals surface area contributed by atoms with Crippen LogP contribution >= 0.6 is 12.2 Å². The highest BCUT2D eigenvalue weighted by Crippen LogP contribution is 2.24. The summed E-state index contributed by atoms with van der Waals surface area (Å²) < 4.78 is 68.3. The predicted octanol–water partition coefficient (Wildman–Crippen LogP) is 4.74. The lowest BCUT2D eigenvalue weighted by atomic mass is 10.1. The second kappa shape index (κ2) is 7.93. The molecule has 0 spiro atoms. The fourth-order valence-electron chi connectivity index (χ4n) is 2.45. The molecule has 0 aliphatic carbocycles. The number of benzene rings is 2. The van der Waals surface area contributed by atoms with Gasteiger partial charge >= 0.3 is 0 Å². The fourth-order valence-corrected chi connectivity index (χ4v) is 2.67. The van der Waals surface area contributed by atoms with Gasteiger partial charge in [0.15, 0.2) is 34.2 Å². The third-order valence-corrected chi connectivity index (χ3v) is 4.10.